The zero-order chi connectivity index (χ0) is 19.0. The Morgan fingerprint density at radius 3 is 2.50 bits per heavy atom. The molecule has 2 aromatic rings. The van der Waals surface area contributed by atoms with Crippen LogP contribution in [0.3, 0.4) is 0 Å². The van der Waals surface area contributed by atoms with E-state index < -0.39 is 48.7 Å². The van der Waals surface area contributed by atoms with E-state index in [4.69, 9.17) is 19.0 Å². The SMILES string of the molecule is O=c1occ(CO[C@@H]2O[C@@H](CO)[C@H](O)[C@@H](O)[C@@H]2O)c2cc(O)cc(O)c12. The standard InChI is InChI=1S/C16H18O10/c17-3-10-12(20)13(21)14(22)16(26-10)25-5-6-4-24-15(23)11-8(6)1-7(18)2-9(11)19/h1-2,4,10,12-14,16-22H,3,5H2/t10-,12-,13+,14-,16+/m0/s1. The van der Waals surface area contributed by atoms with E-state index >= 15 is 0 Å². The molecule has 5 atom stereocenters. The molecular formula is C16H18O10. The summed E-state index contributed by atoms with van der Waals surface area (Å²) in [6.45, 7) is -0.887. The summed E-state index contributed by atoms with van der Waals surface area (Å²) < 4.78 is 15.4. The molecule has 2 heterocycles. The number of fused-ring (bicyclic) bond motifs is 1. The summed E-state index contributed by atoms with van der Waals surface area (Å²) in [6, 6.07) is 2.22. The first-order valence-corrected chi connectivity index (χ1v) is 7.72. The molecule has 26 heavy (non-hydrogen) atoms. The molecule has 10 nitrogen and oxygen atoms in total. The second kappa shape index (κ2) is 7.19. The van der Waals surface area contributed by atoms with Gasteiger partial charge in [0.05, 0.1) is 13.2 Å². The number of aliphatic hydroxyl groups is 4. The van der Waals surface area contributed by atoms with E-state index in [-0.39, 0.29) is 28.7 Å². The largest absolute Gasteiger partial charge is 0.508 e. The highest BCUT2D eigenvalue weighted by Crippen LogP contribution is 2.30. The third-order valence-corrected chi connectivity index (χ3v) is 4.21. The number of phenols is 2. The van der Waals surface area contributed by atoms with Crippen molar-refractivity contribution in [3.63, 3.8) is 0 Å². The molecule has 1 aliphatic heterocycles. The summed E-state index contributed by atoms with van der Waals surface area (Å²) in [5, 5.41) is 58.1. The molecule has 0 spiro atoms. The number of rotatable bonds is 4. The van der Waals surface area contributed by atoms with Crippen LogP contribution in [0, 0.1) is 0 Å². The van der Waals surface area contributed by atoms with Crippen LogP contribution in [0.25, 0.3) is 10.8 Å². The maximum atomic E-state index is 11.8. The van der Waals surface area contributed by atoms with Crippen molar-refractivity contribution in [3.8, 4) is 11.5 Å². The summed E-state index contributed by atoms with van der Waals surface area (Å²) in [4.78, 5) is 11.8. The highest BCUT2D eigenvalue weighted by atomic mass is 16.7. The van der Waals surface area contributed by atoms with Gasteiger partial charge < -0.3 is 44.5 Å². The number of aliphatic hydroxyl groups excluding tert-OH is 4. The molecule has 1 fully saturated rings. The molecule has 0 bridgehead atoms. The van der Waals surface area contributed by atoms with E-state index in [1.807, 2.05) is 0 Å². The van der Waals surface area contributed by atoms with Crippen molar-refractivity contribution < 1.29 is 44.5 Å². The lowest BCUT2D eigenvalue weighted by molar-refractivity contribution is -0.304. The number of hydrogen-bond acceptors (Lipinski definition) is 10. The fourth-order valence-electron chi connectivity index (χ4n) is 2.82. The van der Waals surface area contributed by atoms with Crippen molar-refractivity contribution in [1.29, 1.82) is 0 Å². The third kappa shape index (κ3) is 3.26. The molecule has 0 unspecified atom stereocenters. The van der Waals surface area contributed by atoms with Crippen LogP contribution in [0.5, 0.6) is 11.5 Å². The van der Waals surface area contributed by atoms with Gasteiger partial charge in [-0.25, -0.2) is 4.79 Å². The summed E-state index contributed by atoms with van der Waals surface area (Å²) in [6.07, 6.45) is -6.14. The fraction of sp³-hybridized carbons (Fsp3) is 0.438. The van der Waals surface area contributed by atoms with E-state index in [2.05, 4.69) is 0 Å². The number of ether oxygens (including phenoxy) is 2. The lowest BCUT2D eigenvalue weighted by Crippen LogP contribution is -2.59. The van der Waals surface area contributed by atoms with Gasteiger partial charge in [0.25, 0.3) is 0 Å². The summed E-state index contributed by atoms with van der Waals surface area (Å²) in [5.41, 5.74) is -0.558. The first-order valence-electron chi connectivity index (χ1n) is 7.72. The summed E-state index contributed by atoms with van der Waals surface area (Å²) in [7, 11) is 0. The Kier molecular flexibility index (Phi) is 5.14. The Bertz CT molecular complexity index is 845. The maximum Gasteiger partial charge on any atom is 0.347 e. The average molecular weight is 370 g/mol. The first-order chi connectivity index (χ1) is 12.3. The molecule has 0 aliphatic carbocycles. The molecule has 142 valence electrons. The minimum Gasteiger partial charge on any atom is -0.508 e. The second-order valence-electron chi connectivity index (χ2n) is 5.94. The van der Waals surface area contributed by atoms with Crippen LogP contribution in [0.15, 0.2) is 27.6 Å². The van der Waals surface area contributed by atoms with Crippen LogP contribution < -0.4 is 5.63 Å². The van der Waals surface area contributed by atoms with Crippen LogP contribution >= 0.6 is 0 Å². The normalized spacial score (nSPS) is 29.2. The van der Waals surface area contributed by atoms with Crippen molar-refractivity contribution in [1.82, 2.24) is 0 Å². The van der Waals surface area contributed by atoms with Crippen molar-refractivity contribution in [3.05, 3.63) is 34.4 Å². The maximum absolute atomic E-state index is 11.8. The topological polar surface area (TPSA) is 170 Å². The van der Waals surface area contributed by atoms with Gasteiger partial charge in [0, 0.05) is 17.0 Å². The Hall–Kier alpha value is -2.21. The lowest BCUT2D eigenvalue weighted by atomic mass is 9.99. The number of benzene rings is 1. The van der Waals surface area contributed by atoms with Gasteiger partial charge in [0.1, 0.15) is 47.6 Å². The number of hydrogen-bond donors (Lipinski definition) is 6. The quantitative estimate of drug-likeness (QED) is 0.373. The molecule has 0 saturated carbocycles. The predicted octanol–water partition coefficient (Wildman–Crippen LogP) is -1.48. The van der Waals surface area contributed by atoms with Crippen LogP contribution in [0.4, 0.5) is 0 Å². The minimum atomic E-state index is -1.59. The van der Waals surface area contributed by atoms with Gasteiger partial charge in [-0.05, 0) is 6.07 Å². The number of phenolic OH excluding ortho intramolecular Hbond substituents is 2. The second-order valence-corrected chi connectivity index (χ2v) is 5.94. The summed E-state index contributed by atoms with van der Waals surface area (Å²) in [5.74, 6) is -0.752. The molecule has 1 aromatic heterocycles. The zero-order valence-corrected chi connectivity index (χ0v) is 13.3. The highest BCUT2D eigenvalue weighted by molar-refractivity contribution is 5.90. The minimum absolute atomic E-state index is 0.155. The van der Waals surface area contributed by atoms with E-state index in [9.17, 15) is 30.3 Å². The van der Waals surface area contributed by atoms with Crippen LogP contribution in [-0.4, -0.2) is 68.0 Å². The molecule has 1 saturated heterocycles. The molecule has 3 rings (SSSR count). The molecule has 0 radical (unpaired) electrons. The van der Waals surface area contributed by atoms with E-state index in [0.717, 1.165) is 12.3 Å². The lowest BCUT2D eigenvalue weighted by Gasteiger charge is -2.39. The van der Waals surface area contributed by atoms with E-state index in [1.165, 1.54) is 6.07 Å². The van der Waals surface area contributed by atoms with Gasteiger partial charge in [-0.1, -0.05) is 0 Å². The molecule has 1 aromatic carbocycles. The predicted molar refractivity (Wildman–Crippen MR) is 84.4 cm³/mol. The van der Waals surface area contributed by atoms with Gasteiger partial charge in [-0.3, -0.25) is 0 Å². The monoisotopic (exact) mass is 370 g/mol. The van der Waals surface area contributed by atoms with Gasteiger partial charge in [-0.15, -0.1) is 0 Å². The fourth-order valence-corrected chi connectivity index (χ4v) is 2.82. The Balaban J connectivity index is 1.86. The van der Waals surface area contributed by atoms with Gasteiger partial charge in [-0.2, -0.15) is 0 Å². The van der Waals surface area contributed by atoms with Crippen molar-refractivity contribution in [2.24, 2.45) is 0 Å². The smallest absolute Gasteiger partial charge is 0.347 e. The number of aromatic hydroxyl groups is 2. The van der Waals surface area contributed by atoms with Gasteiger partial charge in [0.2, 0.25) is 0 Å². The first kappa shape index (κ1) is 18.6. The molecule has 6 N–H and O–H groups in total. The third-order valence-electron chi connectivity index (χ3n) is 4.21. The average Bonchev–Trinajstić information content (AvgIpc) is 2.60. The molecule has 0 amide bonds. The van der Waals surface area contributed by atoms with Crippen LogP contribution in [0.1, 0.15) is 5.56 Å². The molecule has 10 heteroatoms. The zero-order valence-electron chi connectivity index (χ0n) is 13.3. The summed E-state index contributed by atoms with van der Waals surface area (Å²) >= 11 is 0. The van der Waals surface area contributed by atoms with Crippen molar-refractivity contribution in [2.45, 2.75) is 37.3 Å². The van der Waals surface area contributed by atoms with E-state index in [1.54, 1.807) is 0 Å². The Morgan fingerprint density at radius 1 is 1.08 bits per heavy atom. The van der Waals surface area contributed by atoms with Crippen molar-refractivity contribution >= 4 is 10.8 Å². The van der Waals surface area contributed by atoms with Gasteiger partial charge >= 0.3 is 5.63 Å². The molecular weight excluding hydrogens is 352 g/mol. The van der Waals surface area contributed by atoms with Crippen molar-refractivity contribution in [2.75, 3.05) is 6.61 Å². The van der Waals surface area contributed by atoms with Gasteiger partial charge in [0.15, 0.2) is 6.29 Å². The van der Waals surface area contributed by atoms with E-state index in [0.29, 0.717) is 0 Å². The molecule has 1 aliphatic rings. The Morgan fingerprint density at radius 2 is 1.81 bits per heavy atom. The van der Waals surface area contributed by atoms with Crippen LogP contribution in [0.2, 0.25) is 0 Å². The highest BCUT2D eigenvalue weighted by Gasteiger charge is 2.44. The Labute approximate surface area is 146 Å². The van der Waals surface area contributed by atoms with Crippen LogP contribution in [-0.2, 0) is 16.1 Å².